The number of hydrogen-bond donors (Lipinski definition) is 1. The van der Waals surface area contributed by atoms with Crippen LogP contribution in [0, 0.1) is 0 Å². The highest BCUT2D eigenvalue weighted by molar-refractivity contribution is 9.10. The van der Waals surface area contributed by atoms with E-state index in [0.29, 0.717) is 5.56 Å². The molecule has 1 amide bonds. The van der Waals surface area contributed by atoms with Gasteiger partial charge in [0.05, 0.1) is 5.56 Å². The van der Waals surface area contributed by atoms with Gasteiger partial charge in [-0.15, -0.1) is 0 Å². The van der Waals surface area contributed by atoms with E-state index in [1.807, 2.05) is 6.07 Å². The molecule has 1 aromatic carbocycles. The summed E-state index contributed by atoms with van der Waals surface area (Å²) < 4.78 is 0.795. The molecule has 0 unspecified atom stereocenters. The normalized spacial score (nSPS) is 10.1. The third kappa shape index (κ3) is 3.03. The maximum atomic E-state index is 12.3. The van der Waals surface area contributed by atoms with E-state index in [2.05, 4.69) is 20.9 Å². The molecule has 102 valence electrons. The minimum absolute atomic E-state index is 0.0869. The number of aromatic nitrogens is 1. The molecule has 0 spiro atoms. The van der Waals surface area contributed by atoms with E-state index >= 15 is 0 Å². The molecule has 0 radical (unpaired) electrons. The van der Waals surface area contributed by atoms with E-state index in [-0.39, 0.29) is 17.3 Å². The molecular weight excluding hydrogens is 324 g/mol. The topological polar surface area (TPSA) is 70.5 Å². The summed E-state index contributed by atoms with van der Waals surface area (Å²) in [6.07, 6.45) is 1.36. The lowest BCUT2D eigenvalue weighted by Crippen LogP contribution is -2.27. The lowest BCUT2D eigenvalue weighted by molar-refractivity contribution is 0.0696. The molecule has 0 aliphatic carbocycles. The smallest absolute Gasteiger partial charge is 0.335 e. The molecule has 0 atom stereocenters. The molecule has 6 heteroatoms. The number of pyridine rings is 1. The quantitative estimate of drug-likeness (QED) is 0.936. The number of carboxylic acids is 1. The van der Waals surface area contributed by atoms with E-state index < -0.39 is 5.97 Å². The monoisotopic (exact) mass is 334 g/mol. The highest BCUT2D eigenvalue weighted by Crippen LogP contribution is 2.17. The van der Waals surface area contributed by atoms with Crippen molar-refractivity contribution in [2.45, 2.75) is 0 Å². The number of nitrogens with zero attached hydrogens (tertiary/aromatic N) is 2. The molecule has 5 nitrogen and oxygen atoms in total. The van der Waals surface area contributed by atoms with Gasteiger partial charge in [0.1, 0.15) is 5.82 Å². The van der Waals surface area contributed by atoms with Gasteiger partial charge in [-0.25, -0.2) is 9.78 Å². The van der Waals surface area contributed by atoms with Gasteiger partial charge in [-0.05, 0) is 30.3 Å². The Morgan fingerprint density at radius 2 is 1.95 bits per heavy atom. The molecule has 0 bridgehead atoms. The molecule has 0 fully saturated rings. The van der Waals surface area contributed by atoms with Gasteiger partial charge in [-0.3, -0.25) is 9.69 Å². The van der Waals surface area contributed by atoms with Crippen molar-refractivity contribution < 1.29 is 14.7 Å². The van der Waals surface area contributed by atoms with Gasteiger partial charge in [0.15, 0.2) is 0 Å². The van der Waals surface area contributed by atoms with Crippen molar-refractivity contribution in [1.82, 2.24) is 4.98 Å². The van der Waals surface area contributed by atoms with Gasteiger partial charge in [0.25, 0.3) is 5.91 Å². The first kappa shape index (κ1) is 14.2. The van der Waals surface area contributed by atoms with Crippen molar-refractivity contribution in [3.63, 3.8) is 0 Å². The molecule has 0 aliphatic rings. The average molecular weight is 335 g/mol. The summed E-state index contributed by atoms with van der Waals surface area (Å²) in [7, 11) is 1.55. The summed E-state index contributed by atoms with van der Waals surface area (Å²) >= 11 is 3.30. The largest absolute Gasteiger partial charge is 0.478 e. The average Bonchev–Trinajstić information content (AvgIpc) is 2.45. The summed E-state index contributed by atoms with van der Waals surface area (Å²) in [6, 6.07) is 9.69. The lowest BCUT2D eigenvalue weighted by atomic mass is 10.2. The third-order valence-corrected chi connectivity index (χ3v) is 3.21. The van der Waals surface area contributed by atoms with Gasteiger partial charge in [-0.1, -0.05) is 22.0 Å². The predicted octanol–water partition coefficient (Wildman–Crippen LogP) is 2.82. The molecule has 2 rings (SSSR count). The number of aromatic carboxylic acids is 1. The number of anilines is 1. The van der Waals surface area contributed by atoms with Crippen molar-refractivity contribution in [2.24, 2.45) is 0 Å². The molecule has 1 N–H and O–H groups in total. The van der Waals surface area contributed by atoms with Crippen LogP contribution in [0.5, 0.6) is 0 Å². The Bertz CT molecular complexity index is 673. The zero-order valence-electron chi connectivity index (χ0n) is 10.6. The minimum atomic E-state index is -1.06. The molecule has 0 saturated heterocycles. The van der Waals surface area contributed by atoms with Crippen LogP contribution in [-0.4, -0.2) is 29.0 Å². The standard InChI is InChI=1S/C14H11BrN2O3/c1-17(12-8-10(14(19)20)5-6-16-12)13(18)9-3-2-4-11(15)7-9/h2-8H,1H3,(H,19,20). The Labute approximate surface area is 124 Å². The Kier molecular flexibility index (Phi) is 4.14. The van der Waals surface area contributed by atoms with Crippen molar-refractivity contribution >= 4 is 33.6 Å². The molecular formula is C14H11BrN2O3. The number of rotatable bonds is 3. The van der Waals surface area contributed by atoms with Crippen LogP contribution in [0.3, 0.4) is 0 Å². The summed E-state index contributed by atoms with van der Waals surface area (Å²) in [4.78, 5) is 28.6. The fourth-order valence-electron chi connectivity index (χ4n) is 1.65. The molecule has 20 heavy (non-hydrogen) atoms. The number of amides is 1. The molecule has 2 aromatic rings. The zero-order chi connectivity index (χ0) is 14.7. The summed E-state index contributed by atoms with van der Waals surface area (Å²) in [5.41, 5.74) is 0.577. The van der Waals surface area contributed by atoms with Crippen molar-refractivity contribution in [3.05, 3.63) is 58.2 Å². The zero-order valence-corrected chi connectivity index (χ0v) is 12.2. The van der Waals surface area contributed by atoms with Gasteiger partial charge in [0, 0.05) is 23.3 Å². The predicted molar refractivity (Wildman–Crippen MR) is 78.1 cm³/mol. The van der Waals surface area contributed by atoms with Crippen molar-refractivity contribution in [2.75, 3.05) is 11.9 Å². The van der Waals surface area contributed by atoms with Crippen LogP contribution in [0.15, 0.2) is 47.1 Å². The Morgan fingerprint density at radius 3 is 2.60 bits per heavy atom. The van der Waals surface area contributed by atoms with Crippen LogP contribution in [0.2, 0.25) is 0 Å². The maximum Gasteiger partial charge on any atom is 0.335 e. The third-order valence-electron chi connectivity index (χ3n) is 2.71. The van der Waals surface area contributed by atoms with E-state index in [4.69, 9.17) is 5.11 Å². The van der Waals surface area contributed by atoms with Crippen LogP contribution < -0.4 is 4.90 Å². The Balaban J connectivity index is 2.31. The number of halogens is 1. The first-order valence-electron chi connectivity index (χ1n) is 5.72. The van der Waals surface area contributed by atoms with Crippen LogP contribution in [0.1, 0.15) is 20.7 Å². The van der Waals surface area contributed by atoms with E-state index in [1.54, 1.807) is 25.2 Å². The molecule has 1 aromatic heterocycles. The molecule has 0 aliphatic heterocycles. The number of hydrogen-bond acceptors (Lipinski definition) is 3. The maximum absolute atomic E-state index is 12.3. The van der Waals surface area contributed by atoms with Crippen molar-refractivity contribution in [1.29, 1.82) is 0 Å². The van der Waals surface area contributed by atoms with E-state index in [1.165, 1.54) is 23.2 Å². The summed E-state index contributed by atoms with van der Waals surface area (Å²) in [5.74, 6) is -1.03. The number of carbonyl (C=O) groups excluding carboxylic acids is 1. The first-order chi connectivity index (χ1) is 9.49. The second kappa shape index (κ2) is 5.83. The fourth-order valence-corrected chi connectivity index (χ4v) is 2.05. The Morgan fingerprint density at radius 1 is 1.20 bits per heavy atom. The van der Waals surface area contributed by atoms with Gasteiger partial charge >= 0.3 is 5.97 Å². The van der Waals surface area contributed by atoms with E-state index in [9.17, 15) is 9.59 Å². The summed E-state index contributed by atoms with van der Waals surface area (Å²) in [6.45, 7) is 0. The van der Waals surface area contributed by atoms with Gasteiger partial charge in [0.2, 0.25) is 0 Å². The molecule has 0 saturated carbocycles. The highest BCUT2D eigenvalue weighted by atomic mass is 79.9. The number of carboxylic acid groups (broad SMARTS) is 1. The number of benzene rings is 1. The minimum Gasteiger partial charge on any atom is -0.478 e. The second-order valence-corrected chi connectivity index (χ2v) is 5.00. The number of carbonyl (C=O) groups is 2. The van der Waals surface area contributed by atoms with E-state index in [0.717, 1.165) is 4.47 Å². The molecule has 1 heterocycles. The summed E-state index contributed by atoms with van der Waals surface area (Å²) in [5, 5.41) is 8.95. The van der Waals surface area contributed by atoms with Crippen LogP contribution >= 0.6 is 15.9 Å². The fraction of sp³-hybridized carbons (Fsp3) is 0.0714. The van der Waals surface area contributed by atoms with Crippen LogP contribution in [0.25, 0.3) is 0 Å². The van der Waals surface area contributed by atoms with Crippen LogP contribution in [0.4, 0.5) is 5.82 Å². The second-order valence-electron chi connectivity index (χ2n) is 4.08. The highest BCUT2D eigenvalue weighted by Gasteiger charge is 2.16. The Hall–Kier alpha value is -2.21. The van der Waals surface area contributed by atoms with Crippen LogP contribution in [-0.2, 0) is 0 Å². The lowest BCUT2D eigenvalue weighted by Gasteiger charge is -2.16. The van der Waals surface area contributed by atoms with Gasteiger partial charge < -0.3 is 5.11 Å². The first-order valence-corrected chi connectivity index (χ1v) is 6.51. The van der Waals surface area contributed by atoms with Gasteiger partial charge in [-0.2, -0.15) is 0 Å². The SMILES string of the molecule is CN(C(=O)c1cccc(Br)c1)c1cc(C(=O)O)ccn1. The van der Waals surface area contributed by atoms with Crippen molar-refractivity contribution in [3.8, 4) is 0 Å².